The maximum atomic E-state index is 13.4. The molecule has 0 fully saturated rings. The number of nitrogens with one attached hydrogen (secondary N) is 2. The van der Waals surface area contributed by atoms with Gasteiger partial charge in [-0.05, 0) is 36.8 Å². The molecule has 2 rings (SSSR count). The smallest absolute Gasteiger partial charge is 0.171 e. The van der Waals surface area contributed by atoms with Crippen molar-refractivity contribution in [2.45, 2.75) is 13.5 Å². The first-order chi connectivity index (χ1) is 9.56. The minimum absolute atomic E-state index is 0.176. The molecule has 0 atom stereocenters. The summed E-state index contributed by atoms with van der Waals surface area (Å²) in [5.74, 6) is -1.35. The van der Waals surface area contributed by atoms with Gasteiger partial charge in [-0.25, -0.2) is 8.78 Å². The topological polar surface area (TPSA) is 24.1 Å². The van der Waals surface area contributed by atoms with Gasteiger partial charge in [0.05, 0.1) is 0 Å². The van der Waals surface area contributed by atoms with Gasteiger partial charge in [0.2, 0.25) is 0 Å². The van der Waals surface area contributed by atoms with Gasteiger partial charge in [-0.1, -0.05) is 35.9 Å². The molecule has 104 valence electrons. The lowest BCUT2D eigenvalue weighted by Crippen LogP contribution is -2.28. The van der Waals surface area contributed by atoms with Crippen LogP contribution in [0, 0.1) is 18.6 Å². The molecule has 0 saturated heterocycles. The number of hydrogen-bond donors (Lipinski definition) is 2. The van der Waals surface area contributed by atoms with Crippen molar-refractivity contribution in [3.8, 4) is 0 Å². The molecule has 0 aliphatic rings. The van der Waals surface area contributed by atoms with Crippen molar-refractivity contribution in [2.24, 2.45) is 0 Å². The summed E-state index contributed by atoms with van der Waals surface area (Å²) in [7, 11) is 0. The van der Waals surface area contributed by atoms with Crippen LogP contribution in [0.5, 0.6) is 0 Å². The van der Waals surface area contributed by atoms with E-state index in [0.717, 1.165) is 11.1 Å². The third kappa shape index (κ3) is 3.74. The van der Waals surface area contributed by atoms with E-state index in [1.165, 1.54) is 18.2 Å². The second-order valence-electron chi connectivity index (χ2n) is 4.39. The Morgan fingerprint density at radius 1 is 1.10 bits per heavy atom. The Hall–Kier alpha value is -2.01. The molecule has 5 heteroatoms. The fraction of sp³-hybridized carbons (Fsp3) is 0.133. The van der Waals surface area contributed by atoms with Gasteiger partial charge >= 0.3 is 0 Å². The predicted molar refractivity (Wildman–Crippen MR) is 80.6 cm³/mol. The molecule has 0 bridgehead atoms. The zero-order valence-corrected chi connectivity index (χ0v) is 11.7. The number of aryl methyl sites for hydroxylation is 1. The van der Waals surface area contributed by atoms with Gasteiger partial charge in [0.15, 0.2) is 5.11 Å². The van der Waals surface area contributed by atoms with Gasteiger partial charge in [0.25, 0.3) is 0 Å². The summed E-state index contributed by atoms with van der Waals surface area (Å²) in [5, 5.41) is 5.63. The molecule has 0 radical (unpaired) electrons. The number of rotatable bonds is 3. The lowest BCUT2D eigenvalue weighted by atomic mass is 10.1. The monoisotopic (exact) mass is 292 g/mol. The summed E-state index contributed by atoms with van der Waals surface area (Å²) >= 11 is 5.03. The van der Waals surface area contributed by atoms with Gasteiger partial charge in [0, 0.05) is 6.54 Å². The van der Waals surface area contributed by atoms with Gasteiger partial charge in [-0.2, -0.15) is 0 Å². The van der Waals surface area contributed by atoms with Gasteiger partial charge in [0.1, 0.15) is 17.3 Å². The largest absolute Gasteiger partial charge is 0.358 e. The Bertz CT molecular complexity index is 609. The number of halogens is 2. The molecule has 0 heterocycles. The molecule has 0 aliphatic carbocycles. The standard InChI is InChI=1S/C15H14F2N2S/c1-10-4-2-5-11(8-10)9-18-15(20)19-14-12(16)6-3-7-13(14)17/h2-8H,9H2,1H3,(H2,18,19,20). The quantitative estimate of drug-likeness (QED) is 0.842. The Balaban J connectivity index is 1.96. The summed E-state index contributed by atoms with van der Waals surface area (Å²) in [5.41, 5.74) is 1.95. The van der Waals surface area contributed by atoms with E-state index in [1.807, 2.05) is 31.2 Å². The van der Waals surface area contributed by atoms with E-state index < -0.39 is 11.6 Å². The van der Waals surface area contributed by atoms with E-state index in [-0.39, 0.29) is 10.8 Å². The number of thiocarbonyl (C=S) groups is 1. The predicted octanol–water partition coefficient (Wildman–Crippen LogP) is 3.76. The van der Waals surface area contributed by atoms with Crippen molar-refractivity contribution in [2.75, 3.05) is 5.32 Å². The molecule has 2 nitrogen and oxygen atoms in total. The maximum Gasteiger partial charge on any atom is 0.171 e. The minimum Gasteiger partial charge on any atom is -0.358 e. The summed E-state index contributed by atoms with van der Waals surface area (Å²) in [4.78, 5) is 0. The highest BCUT2D eigenvalue weighted by atomic mass is 32.1. The molecule has 0 aromatic heterocycles. The van der Waals surface area contributed by atoms with Crippen molar-refractivity contribution in [1.29, 1.82) is 0 Å². The average Bonchev–Trinajstić information content (AvgIpc) is 2.41. The van der Waals surface area contributed by atoms with Gasteiger partial charge in [-0.3, -0.25) is 0 Å². The first-order valence-electron chi connectivity index (χ1n) is 6.10. The third-order valence-electron chi connectivity index (χ3n) is 2.74. The Labute approximate surface area is 121 Å². The third-order valence-corrected chi connectivity index (χ3v) is 2.98. The van der Waals surface area contributed by atoms with Gasteiger partial charge in [-0.15, -0.1) is 0 Å². The number of para-hydroxylation sites is 1. The van der Waals surface area contributed by atoms with Crippen molar-refractivity contribution in [1.82, 2.24) is 5.32 Å². The fourth-order valence-corrected chi connectivity index (χ4v) is 1.95. The van der Waals surface area contributed by atoms with Crippen LogP contribution in [0.2, 0.25) is 0 Å². The second-order valence-corrected chi connectivity index (χ2v) is 4.80. The Morgan fingerprint density at radius 2 is 1.75 bits per heavy atom. The van der Waals surface area contributed by atoms with E-state index in [0.29, 0.717) is 6.54 Å². The van der Waals surface area contributed by atoms with Crippen molar-refractivity contribution in [3.05, 3.63) is 65.2 Å². The first-order valence-corrected chi connectivity index (χ1v) is 6.51. The van der Waals surface area contributed by atoms with Crippen LogP contribution >= 0.6 is 12.2 Å². The lowest BCUT2D eigenvalue weighted by Gasteiger charge is -2.12. The van der Waals surface area contributed by atoms with Crippen LogP contribution in [0.25, 0.3) is 0 Å². The fourth-order valence-electron chi connectivity index (χ4n) is 1.78. The highest BCUT2D eigenvalue weighted by Gasteiger charge is 2.09. The summed E-state index contributed by atoms with van der Waals surface area (Å²) in [6.07, 6.45) is 0. The highest BCUT2D eigenvalue weighted by molar-refractivity contribution is 7.80. The Morgan fingerprint density at radius 3 is 2.40 bits per heavy atom. The second kappa shape index (κ2) is 6.43. The van der Waals surface area contributed by atoms with E-state index in [2.05, 4.69) is 10.6 Å². The van der Waals surface area contributed by atoms with Crippen LogP contribution in [-0.2, 0) is 6.54 Å². The van der Waals surface area contributed by atoms with Gasteiger partial charge < -0.3 is 10.6 Å². The molecular weight excluding hydrogens is 278 g/mol. The molecule has 2 N–H and O–H groups in total. The summed E-state index contributed by atoms with van der Waals surface area (Å²) in [6.45, 7) is 2.48. The van der Waals surface area contributed by atoms with E-state index in [4.69, 9.17) is 12.2 Å². The molecule has 0 saturated carbocycles. The van der Waals surface area contributed by atoms with E-state index in [1.54, 1.807) is 0 Å². The van der Waals surface area contributed by atoms with E-state index in [9.17, 15) is 8.78 Å². The molecule has 2 aromatic carbocycles. The van der Waals surface area contributed by atoms with Crippen LogP contribution in [0.3, 0.4) is 0 Å². The zero-order chi connectivity index (χ0) is 14.5. The number of hydrogen-bond acceptors (Lipinski definition) is 1. The molecule has 2 aromatic rings. The van der Waals surface area contributed by atoms with Crippen LogP contribution in [0.15, 0.2) is 42.5 Å². The first kappa shape index (κ1) is 14.4. The van der Waals surface area contributed by atoms with Crippen LogP contribution in [0.1, 0.15) is 11.1 Å². The molecule has 0 unspecified atom stereocenters. The summed E-state index contributed by atoms with van der Waals surface area (Å²) in [6, 6.07) is 11.6. The van der Waals surface area contributed by atoms with Crippen LogP contribution < -0.4 is 10.6 Å². The molecule has 0 amide bonds. The van der Waals surface area contributed by atoms with Crippen LogP contribution in [0.4, 0.5) is 14.5 Å². The maximum absolute atomic E-state index is 13.4. The zero-order valence-electron chi connectivity index (χ0n) is 10.9. The number of benzene rings is 2. The Kier molecular flexibility index (Phi) is 4.63. The molecule has 20 heavy (non-hydrogen) atoms. The van der Waals surface area contributed by atoms with Crippen molar-refractivity contribution < 1.29 is 8.78 Å². The van der Waals surface area contributed by atoms with E-state index >= 15 is 0 Å². The van der Waals surface area contributed by atoms with Crippen molar-refractivity contribution >= 4 is 23.0 Å². The SMILES string of the molecule is Cc1cccc(CNC(=S)Nc2c(F)cccc2F)c1. The number of anilines is 1. The molecular formula is C15H14F2N2S. The lowest BCUT2D eigenvalue weighted by molar-refractivity contribution is 0.591. The molecule has 0 spiro atoms. The van der Waals surface area contributed by atoms with Crippen molar-refractivity contribution in [3.63, 3.8) is 0 Å². The normalized spacial score (nSPS) is 10.2. The summed E-state index contributed by atoms with van der Waals surface area (Å²) < 4.78 is 26.9. The minimum atomic E-state index is -0.676. The average molecular weight is 292 g/mol. The molecule has 0 aliphatic heterocycles. The van der Waals surface area contributed by atoms with Crippen LogP contribution in [-0.4, -0.2) is 5.11 Å². The highest BCUT2D eigenvalue weighted by Crippen LogP contribution is 2.17.